The van der Waals surface area contributed by atoms with Crippen molar-refractivity contribution in [3.63, 3.8) is 0 Å². The summed E-state index contributed by atoms with van der Waals surface area (Å²) in [5.41, 5.74) is 0.666. The van der Waals surface area contributed by atoms with Gasteiger partial charge in [-0.05, 0) is 50.0 Å². The summed E-state index contributed by atoms with van der Waals surface area (Å²) in [6.07, 6.45) is 4.99. The van der Waals surface area contributed by atoms with Crippen LogP contribution in [0.25, 0.3) is 0 Å². The third-order valence-corrected chi connectivity index (χ3v) is 6.91. The molecule has 5 nitrogen and oxygen atoms in total. The lowest BCUT2D eigenvalue weighted by Gasteiger charge is -2.53. The standard InChI is InChI=1S/C22H32O5/c1-16-14-19-11-7-10-18(12-13-24-15-17-8-5-4-6-9-17)22(19)20(23-3)25-21(16,2)26-27-22/h4-6,8-9,16,18-20H,7,10-15H2,1-3H3/t16-,18+,19-,20+,21-,22?/m1/s1. The Hall–Kier alpha value is -0.980. The zero-order valence-electron chi connectivity index (χ0n) is 16.7. The average Bonchev–Trinajstić information content (AvgIpc) is 2.86. The number of fused-ring (bicyclic) bond motifs is 3. The fourth-order valence-corrected chi connectivity index (χ4v) is 5.17. The van der Waals surface area contributed by atoms with Crippen molar-refractivity contribution in [2.24, 2.45) is 17.8 Å². The molecule has 1 unspecified atom stereocenters. The van der Waals surface area contributed by atoms with Gasteiger partial charge in [0.1, 0.15) is 0 Å². The molecule has 2 bridgehead atoms. The molecule has 1 aromatic carbocycles. The summed E-state index contributed by atoms with van der Waals surface area (Å²) < 4.78 is 18.1. The number of benzene rings is 1. The van der Waals surface area contributed by atoms with E-state index in [4.69, 9.17) is 24.0 Å². The molecular weight excluding hydrogens is 344 g/mol. The van der Waals surface area contributed by atoms with Gasteiger partial charge >= 0.3 is 0 Å². The molecule has 4 aliphatic rings. The summed E-state index contributed by atoms with van der Waals surface area (Å²) in [7, 11) is 1.71. The van der Waals surface area contributed by atoms with Gasteiger partial charge in [0, 0.05) is 19.6 Å². The molecule has 1 aromatic rings. The first-order valence-corrected chi connectivity index (χ1v) is 10.3. The number of ether oxygens (including phenoxy) is 3. The van der Waals surface area contributed by atoms with Crippen molar-refractivity contribution >= 4 is 0 Å². The van der Waals surface area contributed by atoms with Crippen LogP contribution in [0.3, 0.4) is 0 Å². The van der Waals surface area contributed by atoms with Crippen LogP contribution in [0.4, 0.5) is 0 Å². The van der Waals surface area contributed by atoms with Crippen LogP contribution in [-0.2, 0) is 30.6 Å². The second kappa shape index (κ2) is 7.80. The average molecular weight is 376 g/mol. The Kier molecular flexibility index (Phi) is 5.59. The van der Waals surface area contributed by atoms with Crippen molar-refractivity contribution < 1.29 is 24.0 Å². The molecule has 5 rings (SSSR count). The van der Waals surface area contributed by atoms with Gasteiger partial charge in [-0.25, -0.2) is 9.78 Å². The lowest BCUT2D eigenvalue weighted by atomic mass is 9.65. The van der Waals surface area contributed by atoms with Gasteiger partial charge in [0.05, 0.1) is 6.61 Å². The molecule has 5 heteroatoms. The van der Waals surface area contributed by atoms with Crippen LogP contribution < -0.4 is 0 Å². The third-order valence-electron chi connectivity index (χ3n) is 6.91. The number of hydrogen-bond donors (Lipinski definition) is 0. The minimum absolute atomic E-state index is 0.262. The molecule has 1 aliphatic carbocycles. The molecule has 0 N–H and O–H groups in total. The third kappa shape index (κ3) is 3.45. The predicted octanol–water partition coefficient (Wildman–Crippen LogP) is 4.46. The quantitative estimate of drug-likeness (QED) is 0.542. The lowest BCUT2D eigenvalue weighted by molar-refractivity contribution is -0.560. The van der Waals surface area contributed by atoms with E-state index in [0.29, 0.717) is 25.0 Å². The number of hydrogen-bond acceptors (Lipinski definition) is 5. The summed E-state index contributed by atoms with van der Waals surface area (Å²) in [6.45, 7) is 5.48. The molecule has 0 radical (unpaired) electrons. The number of methoxy groups -OCH3 is 1. The Bertz CT molecular complexity index is 618. The van der Waals surface area contributed by atoms with Crippen LogP contribution in [0.2, 0.25) is 0 Å². The highest BCUT2D eigenvalue weighted by molar-refractivity contribution is 5.13. The monoisotopic (exact) mass is 376 g/mol. The van der Waals surface area contributed by atoms with Gasteiger partial charge in [0.15, 0.2) is 11.9 Å². The second-order valence-corrected chi connectivity index (χ2v) is 8.51. The van der Waals surface area contributed by atoms with Gasteiger partial charge in [-0.3, -0.25) is 0 Å². The Labute approximate surface area is 162 Å². The van der Waals surface area contributed by atoms with Crippen LogP contribution in [-0.4, -0.2) is 31.4 Å². The highest BCUT2D eigenvalue weighted by Gasteiger charge is 2.65. The predicted molar refractivity (Wildman–Crippen MR) is 101 cm³/mol. The van der Waals surface area contributed by atoms with Crippen LogP contribution >= 0.6 is 0 Å². The zero-order chi connectivity index (χ0) is 18.9. The maximum atomic E-state index is 6.32. The Balaban J connectivity index is 1.46. The van der Waals surface area contributed by atoms with Gasteiger partial charge < -0.3 is 14.2 Å². The molecule has 3 aliphatic heterocycles. The van der Waals surface area contributed by atoms with Gasteiger partial charge in [0.25, 0.3) is 0 Å². The summed E-state index contributed by atoms with van der Waals surface area (Å²) >= 11 is 0. The van der Waals surface area contributed by atoms with E-state index in [1.54, 1.807) is 7.11 Å². The topological polar surface area (TPSA) is 46.2 Å². The van der Waals surface area contributed by atoms with Crippen molar-refractivity contribution in [1.29, 1.82) is 0 Å². The molecule has 1 saturated carbocycles. The van der Waals surface area contributed by atoms with Crippen molar-refractivity contribution in [3.05, 3.63) is 35.9 Å². The van der Waals surface area contributed by atoms with Gasteiger partial charge in [-0.1, -0.05) is 43.7 Å². The molecule has 0 amide bonds. The molecule has 3 saturated heterocycles. The first-order chi connectivity index (χ1) is 13.1. The van der Waals surface area contributed by atoms with Crippen LogP contribution in [0.1, 0.15) is 51.5 Å². The second-order valence-electron chi connectivity index (χ2n) is 8.51. The Morgan fingerprint density at radius 2 is 1.96 bits per heavy atom. The maximum absolute atomic E-state index is 6.32. The van der Waals surface area contributed by atoms with Gasteiger partial charge in [-0.2, -0.15) is 0 Å². The van der Waals surface area contributed by atoms with E-state index in [1.807, 2.05) is 25.1 Å². The highest BCUT2D eigenvalue weighted by atomic mass is 17.3. The largest absolute Gasteiger partial charge is 0.377 e. The summed E-state index contributed by atoms with van der Waals surface area (Å²) in [6, 6.07) is 10.3. The SMILES string of the molecule is CO[C@H]1O[C@]2(C)OOC13[C@H](CCOCc1ccccc1)CCC[C@@H]3C[C@H]2C. The summed E-state index contributed by atoms with van der Waals surface area (Å²) in [5, 5.41) is 0. The first kappa shape index (κ1) is 19.3. The molecular formula is C22H32O5. The lowest BCUT2D eigenvalue weighted by Crippen LogP contribution is -2.63. The summed E-state index contributed by atoms with van der Waals surface area (Å²) in [4.78, 5) is 12.0. The zero-order valence-corrected chi connectivity index (χ0v) is 16.7. The first-order valence-electron chi connectivity index (χ1n) is 10.3. The fraction of sp³-hybridized carbons (Fsp3) is 0.727. The van der Waals surface area contributed by atoms with E-state index in [2.05, 4.69) is 19.1 Å². The minimum atomic E-state index is -0.738. The molecule has 3 heterocycles. The molecule has 0 aromatic heterocycles. The van der Waals surface area contributed by atoms with E-state index in [9.17, 15) is 0 Å². The van der Waals surface area contributed by atoms with Crippen molar-refractivity contribution in [2.75, 3.05) is 13.7 Å². The minimum Gasteiger partial charge on any atom is -0.377 e. The van der Waals surface area contributed by atoms with E-state index >= 15 is 0 Å². The molecule has 27 heavy (non-hydrogen) atoms. The van der Waals surface area contributed by atoms with Crippen LogP contribution in [0.5, 0.6) is 0 Å². The van der Waals surface area contributed by atoms with Crippen molar-refractivity contribution in [2.45, 2.75) is 70.2 Å². The van der Waals surface area contributed by atoms with Crippen LogP contribution in [0, 0.1) is 17.8 Å². The molecule has 4 fully saturated rings. The molecule has 150 valence electrons. The molecule has 6 atom stereocenters. The molecule has 1 spiro atoms. The van der Waals surface area contributed by atoms with Crippen molar-refractivity contribution in [3.8, 4) is 0 Å². The maximum Gasteiger partial charge on any atom is 0.204 e. The van der Waals surface area contributed by atoms with Crippen molar-refractivity contribution in [1.82, 2.24) is 0 Å². The highest BCUT2D eigenvalue weighted by Crippen LogP contribution is 2.56. The fourth-order valence-electron chi connectivity index (χ4n) is 5.17. The normalized spacial score (nSPS) is 41.1. The van der Waals surface area contributed by atoms with E-state index in [1.165, 1.54) is 12.0 Å². The van der Waals surface area contributed by atoms with E-state index in [0.717, 1.165) is 25.7 Å². The van der Waals surface area contributed by atoms with Gasteiger partial charge in [0.2, 0.25) is 5.79 Å². The Morgan fingerprint density at radius 3 is 2.74 bits per heavy atom. The van der Waals surface area contributed by atoms with Gasteiger partial charge in [-0.15, -0.1) is 0 Å². The summed E-state index contributed by atoms with van der Waals surface area (Å²) in [5.74, 6) is 0.205. The van der Waals surface area contributed by atoms with E-state index < -0.39 is 17.7 Å². The van der Waals surface area contributed by atoms with E-state index in [-0.39, 0.29) is 5.92 Å². The Morgan fingerprint density at radius 1 is 1.15 bits per heavy atom. The van der Waals surface area contributed by atoms with Crippen LogP contribution in [0.15, 0.2) is 30.3 Å². The smallest absolute Gasteiger partial charge is 0.204 e. The number of rotatable bonds is 6.